The molecule has 7 heteroatoms. The zero-order chi connectivity index (χ0) is 17.4. The second-order valence-electron chi connectivity index (χ2n) is 5.99. The summed E-state index contributed by atoms with van der Waals surface area (Å²) in [6, 6.07) is 4.97. The fourth-order valence-corrected chi connectivity index (χ4v) is 2.24. The van der Waals surface area contributed by atoms with Crippen molar-refractivity contribution in [2.24, 2.45) is 0 Å². The molecule has 0 unspecified atom stereocenters. The van der Waals surface area contributed by atoms with Crippen LogP contribution < -0.4 is 9.64 Å². The number of likely N-dealkylation sites (N-methyl/N-ethyl adjacent to an activating group) is 2. The lowest BCUT2D eigenvalue weighted by Crippen LogP contribution is -2.31. The molecule has 0 spiro atoms. The Morgan fingerprint density at radius 3 is 2.35 bits per heavy atom. The van der Waals surface area contributed by atoms with E-state index in [9.17, 15) is 10.1 Å². The van der Waals surface area contributed by atoms with Gasteiger partial charge in [0.25, 0.3) is 0 Å². The normalized spacial score (nSPS) is 11.1. The molecule has 7 nitrogen and oxygen atoms in total. The van der Waals surface area contributed by atoms with Gasteiger partial charge >= 0.3 is 5.69 Å². The van der Waals surface area contributed by atoms with Crippen LogP contribution in [0.5, 0.6) is 5.75 Å². The highest BCUT2D eigenvalue weighted by molar-refractivity contribution is 5.58. The molecule has 0 atom stereocenters. The van der Waals surface area contributed by atoms with E-state index in [4.69, 9.17) is 4.74 Å². The van der Waals surface area contributed by atoms with E-state index < -0.39 is 4.92 Å². The summed E-state index contributed by atoms with van der Waals surface area (Å²) in [5, 5.41) is 10.9. The monoisotopic (exact) mass is 324 g/mol. The summed E-state index contributed by atoms with van der Waals surface area (Å²) >= 11 is 0. The highest BCUT2D eigenvalue weighted by atomic mass is 16.6. The Balaban J connectivity index is 2.51. The number of nitrogens with zero attached hydrogens (tertiary/aromatic N) is 4. The predicted molar refractivity (Wildman–Crippen MR) is 93.6 cm³/mol. The van der Waals surface area contributed by atoms with Crippen molar-refractivity contribution in [2.75, 3.05) is 66.4 Å². The number of methoxy groups -OCH3 is 1. The van der Waals surface area contributed by atoms with Crippen LogP contribution in [0.25, 0.3) is 0 Å². The first-order valence-corrected chi connectivity index (χ1v) is 7.72. The number of nitro benzene ring substituents is 1. The number of nitro groups is 1. The van der Waals surface area contributed by atoms with E-state index in [1.165, 1.54) is 13.2 Å². The van der Waals surface area contributed by atoms with E-state index in [0.717, 1.165) is 38.3 Å². The van der Waals surface area contributed by atoms with Crippen LogP contribution in [0, 0.1) is 10.1 Å². The summed E-state index contributed by atoms with van der Waals surface area (Å²) in [7, 11) is 9.71. The van der Waals surface area contributed by atoms with Gasteiger partial charge in [-0.25, -0.2) is 0 Å². The van der Waals surface area contributed by atoms with E-state index in [2.05, 4.69) is 35.8 Å². The fraction of sp³-hybridized carbons (Fsp3) is 0.625. The number of hydrogen-bond donors (Lipinski definition) is 0. The second kappa shape index (κ2) is 9.32. The molecule has 0 radical (unpaired) electrons. The van der Waals surface area contributed by atoms with Gasteiger partial charge in [0.15, 0.2) is 5.75 Å². The Hall–Kier alpha value is -1.86. The molecule has 130 valence electrons. The largest absolute Gasteiger partial charge is 0.490 e. The second-order valence-corrected chi connectivity index (χ2v) is 5.99. The fourth-order valence-electron chi connectivity index (χ4n) is 2.24. The molecule has 1 aromatic carbocycles. The minimum atomic E-state index is -0.428. The highest BCUT2D eigenvalue weighted by Crippen LogP contribution is 2.30. The molecule has 0 fully saturated rings. The Bertz CT molecular complexity index is 508. The Morgan fingerprint density at radius 1 is 1.09 bits per heavy atom. The van der Waals surface area contributed by atoms with E-state index in [1.54, 1.807) is 12.1 Å². The van der Waals surface area contributed by atoms with Crippen LogP contribution >= 0.6 is 0 Å². The number of benzene rings is 1. The molecule has 23 heavy (non-hydrogen) atoms. The molecule has 0 aliphatic rings. The van der Waals surface area contributed by atoms with Crippen molar-refractivity contribution in [2.45, 2.75) is 6.42 Å². The summed E-state index contributed by atoms with van der Waals surface area (Å²) < 4.78 is 5.11. The molecule has 0 N–H and O–H groups in total. The summed E-state index contributed by atoms with van der Waals surface area (Å²) in [6.45, 7) is 3.99. The van der Waals surface area contributed by atoms with Crippen LogP contribution in [-0.2, 0) is 0 Å². The maximum absolute atomic E-state index is 10.9. The van der Waals surface area contributed by atoms with Crippen molar-refractivity contribution >= 4 is 11.4 Å². The number of ether oxygens (including phenoxy) is 1. The molecule has 0 amide bonds. The van der Waals surface area contributed by atoms with E-state index in [0.29, 0.717) is 5.75 Å². The molecular weight excluding hydrogens is 296 g/mol. The van der Waals surface area contributed by atoms with Crippen LogP contribution in [0.2, 0.25) is 0 Å². The third-order valence-corrected chi connectivity index (χ3v) is 3.76. The van der Waals surface area contributed by atoms with Gasteiger partial charge in [-0.2, -0.15) is 0 Å². The lowest BCUT2D eigenvalue weighted by atomic mass is 10.2. The van der Waals surface area contributed by atoms with Crippen molar-refractivity contribution in [1.82, 2.24) is 9.80 Å². The third kappa shape index (κ3) is 6.42. The summed E-state index contributed by atoms with van der Waals surface area (Å²) in [5.41, 5.74) is 0.913. The van der Waals surface area contributed by atoms with Crippen molar-refractivity contribution in [3.05, 3.63) is 28.3 Å². The van der Waals surface area contributed by atoms with Crippen molar-refractivity contribution < 1.29 is 9.66 Å². The molecule has 0 bridgehead atoms. The summed E-state index contributed by atoms with van der Waals surface area (Å²) in [6.07, 6.45) is 1.03. The molecule has 0 aliphatic carbocycles. The van der Waals surface area contributed by atoms with Gasteiger partial charge in [-0.1, -0.05) is 0 Å². The average Bonchev–Trinajstić information content (AvgIpc) is 2.51. The molecule has 1 rings (SSSR count). The minimum absolute atomic E-state index is 0.00642. The lowest BCUT2D eigenvalue weighted by Gasteiger charge is -2.23. The van der Waals surface area contributed by atoms with Gasteiger partial charge in [-0.3, -0.25) is 10.1 Å². The van der Waals surface area contributed by atoms with E-state index in [-0.39, 0.29) is 5.69 Å². The molecule has 0 saturated carbocycles. The van der Waals surface area contributed by atoms with Gasteiger partial charge in [-0.15, -0.1) is 0 Å². The van der Waals surface area contributed by atoms with Crippen LogP contribution in [0.4, 0.5) is 11.4 Å². The first-order chi connectivity index (χ1) is 10.8. The van der Waals surface area contributed by atoms with Crippen molar-refractivity contribution in [1.29, 1.82) is 0 Å². The van der Waals surface area contributed by atoms with Gasteiger partial charge in [0.1, 0.15) is 0 Å². The zero-order valence-electron chi connectivity index (χ0n) is 14.8. The van der Waals surface area contributed by atoms with Gasteiger partial charge in [-0.05, 0) is 40.2 Å². The molecule has 1 aromatic rings. The lowest BCUT2D eigenvalue weighted by molar-refractivity contribution is -0.385. The SMILES string of the molecule is COc1cc(N(C)CCCN(C)CCN(C)C)ccc1[N+](=O)[O-]. The molecule has 0 heterocycles. The van der Waals surface area contributed by atoms with Crippen LogP contribution in [-0.4, -0.2) is 76.2 Å². The van der Waals surface area contributed by atoms with Crippen LogP contribution in [0.15, 0.2) is 18.2 Å². The third-order valence-electron chi connectivity index (χ3n) is 3.76. The van der Waals surface area contributed by atoms with E-state index in [1.807, 2.05) is 7.05 Å². The Labute approximate surface area is 138 Å². The van der Waals surface area contributed by atoms with E-state index >= 15 is 0 Å². The maximum Gasteiger partial charge on any atom is 0.311 e. The van der Waals surface area contributed by atoms with Gasteiger partial charge in [0, 0.05) is 44.5 Å². The van der Waals surface area contributed by atoms with Gasteiger partial charge in [0.2, 0.25) is 0 Å². The maximum atomic E-state index is 10.9. The standard InChI is InChI=1S/C16H28N4O3/c1-17(2)11-12-18(3)9-6-10-19(4)14-7-8-15(20(21)22)16(13-14)23-5/h7-8,13H,6,9-12H2,1-5H3. The average molecular weight is 324 g/mol. The van der Waals surface area contributed by atoms with Gasteiger partial charge in [0.05, 0.1) is 12.0 Å². The number of anilines is 1. The first-order valence-electron chi connectivity index (χ1n) is 7.72. The molecule has 0 aromatic heterocycles. The highest BCUT2D eigenvalue weighted by Gasteiger charge is 2.15. The first kappa shape index (κ1) is 19.2. The van der Waals surface area contributed by atoms with Crippen LogP contribution in [0.1, 0.15) is 6.42 Å². The topological polar surface area (TPSA) is 62.1 Å². The van der Waals surface area contributed by atoms with Gasteiger partial charge < -0.3 is 19.4 Å². The number of rotatable bonds is 10. The zero-order valence-corrected chi connectivity index (χ0v) is 14.8. The van der Waals surface area contributed by atoms with Crippen LogP contribution in [0.3, 0.4) is 0 Å². The van der Waals surface area contributed by atoms with Crippen molar-refractivity contribution in [3.63, 3.8) is 0 Å². The predicted octanol–water partition coefficient (Wildman–Crippen LogP) is 1.92. The Morgan fingerprint density at radius 2 is 1.78 bits per heavy atom. The summed E-state index contributed by atoms with van der Waals surface area (Å²) in [4.78, 5) is 17.1. The smallest absolute Gasteiger partial charge is 0.311 e. The number of hydrogen-bond acceptors (Lipinski definition) is 6. The van der Waals surface area contributed by atoms with Crippen molar-refractivity contribution in [3.8, 4) is 5.75 Å². The Kier molecular flexibility index (Phi) is 7.77. The molecule has 0 saturated heterocycles. The quantitative estimate of drug-likeness (QED) is 0.484. The summed E-state index contributed by atoms with van der Waals surface area (Å²) in [5.74, 6) is 0.294. The molecular formula is C16H28N4O3. The minimum Gasteiger partial charge on any atom is -0.490 e. The molecule has 0 aliphatic heterocycles.